The van der Waals surface area contributed by atoms with Crippen LogP contribution in [0.2, 0.25) is 0 Å². The lowest BCUT2D eigenvalue weighted by atomic mass is 10.0. The summed E-state index contributed by atoms with van der Waals surface area (Å²) in [6.45, 7) is 5.35. The van der Waals surface area contributed by atoms with E-state index in [0.29, 0.717) is 30.5 Å². The van der Waals surface area contributed by atoms with Gasteiger partial charge >= 0.3 is 5.97 Å². The van der Waals surface area contributed by atoms with Gasteiger partial charge in [-0.25, -0.2) is 14.8 Å². The molecule has 0 saturated carbocycles. The summed E-state index contributed by atoms with van der Waals surface area (Å²) < 4.78 is 0. The quantitative estimate of drug-likeness (QED) is 0.306. The van der Waals surface area contributed by atoms with Crippen LogP contribution in [0.3, 0.4) is 0 Å². The number of benzene rings is 2. The topological polar surface area (TPSA) is 66.3 Å². The highest BCUT2D eigenvalue weighted by Crippen LogP contribution is 2.25. The van der Waals surface area contributed by atoms with Crippen LogP contribution < -0.4 is 4.90 Å². The van der Waals surface area contributed by atoms with Gasteiger partial charge in [0.25, 0.3) is 0 Å². The molecule has 2 aromatic carbocycles. The van der Waals surface area contributed by atoms with Crippen molar-refractivity contribution in [2.45, 2.75) is 32.9 Å². The van der Waals surface area contributed by atoms with E-state index < -0.39 is 5.97 Å². The van der Waals surface area contributed by atoms with Crippen LogP contribution in [0.25, 0.3) is 11.3 Å². The first-order valence-electron chi connectivity index (χ1n) is 10.5. The van der Waals surface area contributed by atoms with Gasteiger partial charge in [0.2, 0.25) is 5.95 Å². The smallest absolute Gasteiger partial charge is 0.336 e. The molecule has 2 aromatic heterocycles. The van der Waals surface area contributed by atoms with Crippen molar-refractivity contribution in [1.29, 1.82) is 0 Å². The average molecular weight is 480 g/mol. The Morgan fingerprint density at radius 2 is 1.76 bits per heavy atom. The number of anilines is 1. The Labute approximate surface area is 204 Å². The number of rotatable bonds is 8. The predicted octanol–water partition coefficient (Wildman–Crippen LogP) is 6.66. The van der Waals surface area contributed by atoms with E-state index in [0.717, 1.165) is 21.7 Å². The van der Waals surface area contributed by atoms with E-state index in [1.165, 1.54) is 5.56 Å². The second kappa shape index (κ2) is 11.1. The minimum absolute atomic E-state index is 0. The average Bonchev–Trinajstić information content (AvgIpc) is 3.32. The van der Waals surface area contributed by atoms with Gasteiger partial charge in [-0.1, -0.05) is 62.4 Å². The molecule has 0 amide bonds. The fourth-order valence-electron chi connectivity index (χ4n) is 3.56. The number of hydrogen-bond donors (Lipinski definition) is 1. The molecule has 1 N–H and O–H groups in total. The molecule has 4 aromatic rings. The van der Waals surface area contributed by atoms with E-state index in [-0.39, 0.29) is 12.4 Å². The molecule has 0 spiro atoms. The van der Waals surface area contributed by atoms with Gasteiger partial charge in [0.15, 0.2) is 0 Å². The summed E-state index contributed by atoms with van der Waals surface area (Å²) >= 11 is 1.66. The molecule has 0 aliphatic carbocycles. The van der Waals surface area contributed by atoms with Gasteiger partial charge in [-0.3, -0.25) is 0 Å². The van der Waals surface area contributed by atoms with Gasteiger partial charge in [0.1, 0.15) is 0 Å². The Bertz CT molecular complexity index is 1190. The van der Waals surface area contributed by atoms with E-state index in [1.54, 1.807) is 29.7 Å². The van der Waals surface area contributed by atoms with Crippen molar-refractivity contribution in [3.05, 3.63) is 99.9 Å². The highest BCUT2D eigenvalue weighted by atomic mass is 35.5. The summed E-state index contributed by atoms with van der Waals surface area (Å²) in [5, 5.41) is 11.6. The molecule has 0 saturated heterocycles. The lowest BCUT2D eigenvalue weighted by molar-refractivity contribution is 0.0695. The van der Waals surface area contributed by atoms with Gasteiger partial charge in [-0.2, -0.15) is 0 Å². The highest BCUT2D eigenvalue weighted by Gasteiger charge is 2.17. The minimum atomic E-state index is -0.934. The van der Waals surface area contributed by atoms with Crippen molar-refractivity contribution in [1.82, 2.24) is 9.97 Å². The van der Waals surface area contributed by atoms with E-state index in [9.17, 15) is 9.90 Å². The molecule has 2 heterocycles. The third-order valence-corrected chi connectivity index (χ3v) is 6.20. The summed E-state index contributed by atoms with van der Waals surface area (Å²) in [6, 6.07) is 21.5. The molecule has 0 fully saturated rings. The second-order valence-corrected chi connectivity index (χ2v) is 8.95. The molecular formula is C26H26ClN3O2S. The Balaban J connectivity index is 0.00000306. The normalized spacial score (nSPS) is 10.6. The highest BCUT2D eigenvalue weighted by molar-refractivity contribution is 7.09. The summed E-state index contributed by atoms with van der Waals surface area (Å²) in [5.41, 5.74) is 4.18. The van der Waals surface area contributed by atoms with E-state index in [1.807, 2.05) is 34.5 Å². The van der Waals surface area contributed by atoms with Crippen LogP contribution >= 0.6 is 23.7 Å². The summed E-state index contributed by atoms with van der Waals surface area (Å²) in [7, 11) is 0. The monoisotopic (exact) mass is 479 g/mol. The molecular weight excluding hydrogens is 454 g/mol. The van der Waals surface area contributed by atoms with Crippen LogP contribution in [0.5, 0.6) is 0 Å². The first-order valence-corrected chi connectivity index (χ1v) is 11.4. The summed E-state index contributed by atoms with van der Waals surface area (Å²) in [5.74, 6) is 0.112. The second-order valence-electron chi connectivity index (χ2n) is 7.92. The summed E-state index contributed by atoms with van der Waals surface area (Å²) in [4.78, 5) is 24.3. The maximum absolute atomic E-state index is 11.7. The first-order chi connectivity index (χ1) is 15.5. The van der Waals surface area contributed by atoms with Gasteiger partial charge in [-0.15, -0.1) is 23.7 Å². The number of carboxylic acids is 1. The fourth-order valence-corrected chi connectivity index (χ4v) is 4.28. The SMILES string of the molecule is CC(C)c1ccc(-c2ccnc(N(Cc3cccs3)Cc3ccccc3C(=O)O)n2)cc1.Cl. The van der Waals surface area contributed by atoms with Gasteiger partial charge in [-0.05, 0) is 40.6 Å². The molecule has 4 rings (SSSR count). The van der Waals surface area contributed by atoms with Crippen LogP contribution in [-0.2, 0) is 13.1 Å². The van der Waals surface area contributed by atoms with Crippen LogP contribution in [0.1, 0.15) is 46.1 Å². The van der Waals surface area contributed by atoms with Gasteiger partial charge in [0, 0.05) is 23.2 Å². The number of nitrogens with zero attached hydrogens (tertiary/aromatic N) is 3. The number of hydrogen-bond acceptors (Lipinski definition) is 5. The molecule has 0 unspecified atom stereocenters. The Morgan fingerprint density at radius 1 is 1.00 bits per heavy atom. The van der Waals surface area contributed by atoms with Crippen molar-refractivity contribution in [2.24, 2.45) is 0 Å². The molecule has 5 nitrogen and oxygen atoms in total. The van der Waals surface area contributed by atoms with E-state index in [4.69, 9.17) is 4.98 Å². The van der Waals surface area contributed by atoms with Crippen molar-refractivity contribution in [2.75, 3.05) is 4.90 Å². The van der Waals surface area contributed by atoms with Crippen molar-refractivity contribution in [3.63, 3.8) is 0 Å². The Morgan fingerprint density at radius 3 is 2.42 bits per heavy atom. The number of aromatic nitrogens is 2. The van der Waals surface area contributed by atoms with E-state index in [2.05, 4.69) is 49.2 Å². The minimum Gasteiger partial charge on any atom is -0.478 e. The Kier molecular flexibility index (Phi) is 8.20. The van der Waals surface area contributed by atoms with Crippen LogP contribution in [0, 0.1) is 0 Å². The molecule has 0 aliphatic rings. The molecule has 33 heavy (non-hydrogen) atoms. The molecule has 0 radical (unpaired) electrons. The predicted molar refractivity (Wildman–Crippen MR) is 136 cm³/mol. The fraction of sp³-hybridized carbons (Fsp3) is 0.192. The van der Waals surface area contributed by atoms with Crippen molar-refractivity contribution in [3.8, 4) is 11.3 Å². The Hall–Kier alpha value is -3.22. The molecule has 0 atom stereocenters. The van der Waals surface area contributed by atoms with Gasteiger partial charge in [0.05, 0.1) is 17.8 Å². The standard InChI is InChI=1S/C26H25N3O2S.ClH/c1-18(2)19-9-11-20(12-10-19)24-13-14-27-26(28-24)29(17-22-7-5-15-32-22)16-21-6-3-4-8-23(21)25(30)31;/h3-15,18H,16-17H2,1-2H3,(H,30,31);1H. The van der Waals surface area contributed by atoms with Crippen molar-refractivity contribution < 1.29 is 9.90 Å². The number of thiophene rings is 1. The van der Waals surface area contributed by atoms with Crippen LogP contribution in [0.4, 0.5) is 5.95 Å². The number of halogens is 1. The lowest BCUT2D eigenvalue weighted by Gasteiger charge is -2.23. The third-order valence-electron chi connectivity index (χ3n) is 5.33. The van der Waals surface area contributed by atoms with Crippen molar-refractivity contribution >= 4 is 35.7 Å². The van der Waals surface area contributed by atoms with Gasteiger partial charge < -0.3 is 10.0 Å². The zero-order valence-corrected chi connectivity index (χ0v) is 20.1. The number of carbonyl (C=O) groups is 1. The molecule has 0 aliphatic heterocycles. The summed E-state index contributed by atoms with van der Waals surface area (Å²) in [6.07, 6.45) is 1.76. The maximum Gasteiger partial charge on any atom is 0.336 e. The van der Waals surface area contributed by atoms with Crippen LogP contribution in [0.15, 0.2) is 78.3 Å². The first kappa shape index (κ1) is 24.4. The van der Waals surface area contributed by atoms with E-state index >= 15 is 0 Å². The van der Waals surface area contributed by atoms with Crippen LogP contribution in [-0.4, -0.2) is 21.0 Å². The maximum atomic E-state index is 11.7. The lowest BCUT2D eigenvalue weighted by Crippen LogP contribution is -2.25. The molecule has 0 bridgehead atoms. The third kappa shape index (κ3) is 5.97. The zero-order valence-electron chi connectivity index (χ0n) is 18.5. The largest absolute Gasteiger partial charge is 0.478 e. The number of aromatic carboxylic acids is 1. The number of carboxylic acid groups (broad SMARTS) is 1. The molecule has 7 heteroatoms. The zero-order chi connectivity index (χ0) is 22.5. The molecule has 170 valence electrons.